The van der Waals surface area contributed by atoms with Crippen molar-refractivity contribution in [2.45, 2.75) is 43.1 Å². The molecule has 0 atom stereocenters. The van der Waals surface area contributed by atoms with Gasteiger partial charge in [-0.15, -0.1) is 23.5 Å². The van der Waals surface area contributed by atoms with E-state index in [1.54, 1.807) is 12.1 Å². The van der Waals surface area contributed by atoms with Crippen LogP contribution in [0, 0.1) is 10.1 Å². The largest absolute Gasteiger partial charge is 0.269 e. The van der Waals surface area contributed by atoms with E-state index in [-0.39, 0.29) is 14.7 Å². The Kier molecular flexibility index (Phi) is 5.78. The summed E-state index contributed by atoms with van der Waals surface area (Å²) in [6.45, 7) is 2.22. The lowest BCUT2D eigenvalue weighted by Crippen LogP contribution is -2.22. The van der Waals surface area contributed by atoms with E-state index in [4.69, 9.17) is 0 Å². The van der Waals surface area contributed by atoms with Gasteiger partial charge in [0.15, 0.2) is 0 Å². The van der Waals surface area contributed by atoms with E-state index in [9.17, 15) is 10.1 Å². The van der Waals surface area contributed by atoms with Gasteiger partial charge >= 0.3 is 0 Å². The zero-order valence-corrected chi connectivity index (χ0v) is 13.5. The molecule has 0 unspecified atom stereocenters. The van der Waals surface area contributed by atoms with Gasteiger partial charge in [0.2, 0.25) is 0 Å². The smallest absolute Gasteiger partial charge is 0.258 e. The summed E-state index contributed by atoms with van der Waals surface area (Å²) in [5.74, 6) is 2.38. The molecule has 1 heterocycles. The molecule has 0 amide bonds. The van der Waals surface area contributed by atoms with Crippen LogP contribution in [0.2, 0.25) is 0 Å². The number of nitro benzene ring substituents is 1. The number of unbranched alkanes of at least 4 members (excludes halogenated alkanes) is 2. The highest BCUT2D eigenvalue weighted by Crippen LogP contribution is 2.53. The molecule has 110 valence electrons. The van der Waals surface area contributed by atoms with Gasteiger partial charge in [0.05, 0.1) is 9.00 Å². The Bertz CT molecular complexity index is 442. The average Bonchev–Trinajstić information content (AvgIpc) is 2.48. The van der Waals surface area contributed by atoms with Crippen LogP contribution < -0.4 is 0 Å². The number of nitrogens with zero attached hydrogens (tertiary/aromatic N) is 1. The predicted molar refractivity (Wildman–Crippen MR) is 88.4 cm³/mol. The van der Waals surface area contributed by atoms with Gasteiger partial charge in [-0.25, -0.2) is 0 Å². The van der Waals surface area contributed by atoms with Gasteiger partial charge in [0.25, 0.3) is 5.69 Å². The van der Waals surface area contributed by atoms with Crippen LogP contribution in [-0.4, -0.2) is 16.4 Å². The van der Waals surface area contributed by atoms with E-state index < -0.39 is 0 Å². The molecule has 0 saturated carbocycles. The van der Waals surface area contributed by atoms with Crippen molar-refractivity contribution in [3.63, 3.8) is 0 Å². The van der Waals surface area contributed by atoms with Crippen molar-refractivity contribution in [2.24, 2.45) is 0 Å². The molecule has 0 radical (unpaired) electrons. The molecule has 0 spiro atoms. The van der Waals surface area contributed by atoms with E-state index >= 15 is 0 Å². The van der Waals surface area contributed by atoms with E-state index in [1.165, 1.54) is 42.8 Å². The van der Waals surface area contributed by atoms with E-state index in [2.05, 4.69) is 6.92 Å². The highest BCUT2D eigenvalue weighted by atomic mass is 32.2. The first-order valence-electron chi connectivity index (χ1n) is 7.21. The molecule has 0 aliphatic carbocycles. The Labute approximate surface area is 129 Å². The standard InChI is InChI=1S/C15H21NO2S2/c1-2-3-4-10-15(19-11-5-12-20-15)13-6-8-14(9-7-13)16(17)18/h6-9H,2-5,10-12H2,1H3. The van der Waals surface area contributed by atoms with Crippen LogP contribution in [0.1, 0.15) is 44.6 Å². The number of benzene rings is 1. The lowest BCUT2D eigenvalue weighted by molar-refractivity contribution is -0.384. The summed E-state index contributed by atoms with van der Waals surface area (Å²) in [6, 6.07) is 7.20. The molecule has 1 aromatic carbocycles. The minimum Gasteiger partial charge on any atom is -0.258 e. The molecule has 1 aromatic rings. The number of hydrogen-bond donors (Lipinski definition) is 0. The maximum absolute atomic E-state index is 10.8. The fourth-order valence-corrected chi connectivity index (χ4v) is 5.91. The summed E-state index contributed by atoms with van der Waals surface area (Å²) in [6.07, 6.45) is 6.14. The minimum atomic E-state index is -0.325. The number of rotatable bonds is 6. The Balaban J connectivity index is 2.18. The highest BCUT2D eigenvalue weighted by Gasteiger charge is 2.35. The molecule has 1 fully saturated rings. The maximum Gasteiger partial charge on any atom is 0.269 e. The number of nitro groups is 1. The summed E-state index contributed by atoms with van der Waals surface area (Å²) >= 11 is 4.04. The highest BCUT2D eigenvalue weighted by molar-refractivity contribution is 8.18. The molecule has 0 N–H and O–H groups in total. The second kappa shape index (κ2) is 7.36. The maximum atomic E-state index is 10.8. The summed E-state index contributed by atoms with van der Waals surface area (Å²) in [5, 5.41) is 10.8. The van der Waals surface area contributed by atoms with Gasteiger partial charge in [0, 0.05) is 12.1 Å². The molecular weight excluding hydrogens is 290 g/mol. The molecule has 0 aromatic heterocycles. The SMILES string of the molecule is CCCCCC1(c2ccc([N+](=O)[O-])cc2)SCCCS1. The monoisotopic (exact) mass is 311 g/mol. The first-order valence-corrected chi connectivity index (χ1v) is 9.18. The molecule has 0 bridgehead atoms. The van der Waals surface area contributed by atoms with E-state index in [0.717, 1.165) is 6.42 Å². The van der Waals surface area contributed by atoms with Crippen molar-refractivity contribution in [2.75, 3.05) is 11.5 Å². The normalized spacial score (nSPS) is 17.9. The molecule has 2 rings (SSSR count). The Hall–Kier alpha value is -0.680. The quantitative estimate of drug-likeness (QED) is 0.411. The van der Waals surface area contributed by atoms with Crippen LogP contribution in [0.3, 0.4) is 0 Å². The topological polar surface area (TPSA) is 43.1 Å². The minimum absolute atomic E-state index is 0.114. The van der Waals surface area contributed by atoms with Crippen molar-refractivity contribution in [3.05, 3.63) is 39.9 Å². The lowest BCUT2D eigenvalue weighted by Gasteiger charge is -2.36. The van der Waals surface area contributed by atoms with Crippen LogP contribution in [0.15, 0.2) is 24.3 Å². The molecule has 20 heavy (non-hydrogen) atoms. The zero-order valence-electron chi connectivity index (χ0n) is 11.8. The van der Waals surface area contributed by atoms with Crippen molar-refractivity contribution in [1.29, 1.82) is 0 Å². The van der Waals surface area contributed by atoms with Crippen LogP contribution in [0.5, 0.6) is 0 Å². The molecular formula is C15H21NO2S2. The third kappa shape index (κ3) is 3.70. The summed E-state index contributed by atoms with van der Waals surface area (Å²) < 4.78 is 0.114. The fraction of sp³-hybridized carbons (Fsp3) is 0.600. The summed E-state index contributed by atoms with van der Waals surface area (Å²) in [4.78, 5) is 10.4. The molecule has 5 heteroatoms. The average molecular weight is 311 g/mol. The van der Waals surface area contributed by atoms with Crippen LogP contribution in [-0.2, 0) is 4.08 Å². The molecule has 1 aliphatic rings. The van der Waals surface area contributed by atoms with E-state index in [1.807, 2.05) is 35.7 Å². The zero-order chi connectivity index (χ0) is 14.4. The van der Waals surface area contributed by atoms with Crippen LogP contribution in [0.25, 0.3) is 0 Å². The third-order valence-corrected chi connectivity index (χ3v) is 7.09. The van der Waals surface area contributed by atoms with Gasteiger partial charge in [-0.1, -0.05) is 26.2 Å². The Morgan fingerprint density at radius 2 is 1.85 bits per heavy atom. The third-order valence-electron chi connectivity index (χ3n) is 3.59. The Morgan fingerprint density at radius 1 is 1.20 bits per heavy atom. The van der Waals surface area contributed by atoms with Crippen molar-refractivity contribution >= 4 is 29.2 Å². The van der Waals surface area contributed by atoms with Crippen molar-refractivity contribution in [3.8, 4) is 0 Å². The first-order chi connectivity index (χ1) is 9.68. The predicted octanol–water partition coefficient (Wildman–Crippen LogP) is 5.20. The number of non-ortho nitro benzene ring substituents is 1. The summed E-state index contributed by atoms with van der Waals surface area (Å²) in [5.41, 5.74) is 1.43. The van der Waals surface area contributed by atoms with Gasteiger partial charge in [-0.05, 0) is 42.0 Å². The second-order valence-corrected chi connectivity index (χ2v) is 8.11. The van der Waals surface area contributed by atoms with Gasteiger partial charge in [-0.3, -0.25) is 10.1 Å². The van der Waals surface area contributed by atoms with Crippen molar-refractivity contribution < 1.29 is 4.92 Å². The van der Waals surface area contributed by atoms with Gasteiger partial charge < -0.3 is 0 Å². The van der Waals surface area contributed by atoms with Crippen molar-refractivity contribution in [1.82, 2.24) is 0 Å². The first kappa shape index (κ1) is 15.7. The van der Waals surface area contributed by atoms with Gasteiger partial charge in [-0.2, -0.15) is 0 Å². The Morgan fingerprint density at radius 3 is 2.40 bits per heavy atom. The lowest BCUT2D eigenvalue weighted by atomic mass is 10.0. The van der Waals surface area contributed by atoms with Crippen LogP contribution in [0.4, 0.5) is 5.69 Å². The second-order valence-electron chi connectivity index (χ2n) is 5.06. The molecule has 1 aliphatic heterocycles. The van der Waals surface area contributed by atoms with Crippen LogP contribution >= 0.6 is 23.5 Å². The molecule has 3 nitrogen and oxygen atoms in total. The van der Waals surface area contributed by atoms with E-state index in [0.29, 0.717) is 0 Å². The molecule has 1 saturated heterocycles. The number of thioether (sulfide) groups is 2. The van der Waals surface area contributed by atoms with Gasteiger partial charge in [0.1, 0.15) is 0 Å². The number of hydrogen-bond acceptors (Lipinski definition) is 4. The summed E-state index contributed by atoms with van der Waals surface area (Å²) in [7, 11) is 0. The fourth-order valence-electron chi connectivity index (χ4n) is 2.47.